The van der Waals surface area contributed by atoms with E-state index in [4.69, 9.17) is 9.47 Å². The van der Waals surface area contributed by atoms with Crippen LogP contribution >= 0.6 is 0 Å². The molecular weight excluding hydrogens is 234 g/mol. The summed E-state index contributed by atoms with van der Waals surface area (Å²) in [6.07, 6.45) is 1.00. The van der Waals surface area contributed by atoms with Crippen molar-refractivity contribution in [1.82, 2.24) is 4.90 Å². The Morgan fingerprint density at radius 2 is 1.78 bits per heavy atom. The van der Waals surface area contributed by atoms with E-state index in [1.807, 2.05) is 20.8 Å². The third-order valence-corrected chi connectivity index (χ3v) is 2.76. The summed E-state index contributed by atoms with van der Waals surface area (Å²) in [5.41, 5.74) is -0.449. The molecule has 5 heteroatoms. The summed E-state index contributed by atoms with van der Waals surface area (Å²) in [6.45, 7) is 8.86. The fraction of sp³-hybridized carbons (Fsp3) is 0.846. The minimum Gasteiger partial charge on any atom is -0.460 e. The Morgan fingerprint density at radius 1 is 1.22 bits per heavy atom. The van der Waals surface area contributed by atoms with E-state index in [-0.39, 0.29) is 18.0 Å². The van der Waals surface area contributed by atoms with Gasteiger partial charge in [-0.1, -0.05) is 0 Å². The number of hydrogen-bond acceptors (Lipinski definition) is 4. The first kappa shape index (κ1) is 14.8. The molecule has 0 radical (unpaired) electrons. The molecule has 1 aliphatic rings. The molecule has 5 nitrogen and oxygen atoms in total. The zero-order valence-corrected chi connectivity index (χ0v) is 11.7. The third kappa shape index (κ3) is 4.55. The molecule has 0 aromatic carbocycles. The highest BCUT2D eigenvalue weighted by Crippen LogP contribution is 2.21. The second-order valence-corrected chi connectivity index (χ2v) is 5.49. The molecule has 0 aromatic rings. The molecule has 0 saturated carbocycles. The fourth-order valence-electron chi connectivity index (χ4n) is 1.90. The Morgan fingerprint density at radius 3 is 2.22 bits per heavy atom. The summed E-state index contributed by atoms with van der Waals surface area (Å²) in [6, 6.07) is 0. The van der Waals surface area contributed by atoms with Crippen molar-refractivity contribution in [3.05, 3.63) is 0 Å². The minimum atomic E-state index is -0.449. The van der Waals surface area contributed by atoms with Gasteiger partial charge in [-0.15, -0.1) is 0 Å². The predicted molar refractivity (Wildman–Crippen MR) is 67.2 cm³/mol. The molecule has 1 amide bonds. The van der Waals surface area contributed by atoms with Crippen LogP contribution in [0.2, 0.25) is 0 Å². The van der Waals surface area contributed by atoms with Gasteiger partial charge in [-0.05, 0) is 40.5 Å². The zero-order valence-electron chi connectivity index (χ0n) is 11.7. The van der Waals surface area contributed by atoms with Gasteiger partial charge in [0.1, 0.15) is 5.60 Å². The lowest BCUT2D eigenvalue weighted by Gasteiger charge is -2.31. The Labute approximate surface area is 108 Å². The molecule has 104 valence electrons. The second-order valence-electron chi connectivity index (χ2n) is 5.49. The number of piperidine rings is 1. The lowest BCUT2D eigenvalue weighted by Crippen LogP contribution is -2.42. The van der Waals surface area contributed by atoms with E-state index in [0.717, 1.165) is 0 Å². The van der Waals surface area contributed by atoms with Crippen LogP contribution in [0, 0.1) is 5.92 Å². The number of esters is 1. The number of carbonyl (C=O) groups excluding carboxylic acids is 2. The molecule has 0 aliphatic carbocycles. The van der Waals surface area contributed by atoms with E-state index in [9.17, 15) is 9.59 Å². The summed E-state index contributed by atoms with van der Waals surface area (Å²) in [5, 5.41) is 0. The predicted octanol–water partition coefficient (Wildman–Crippen LogP) is 2.20. The fourth-order valence-corrected chi connectivity index (χ4v) is 1.90. The van der Waals surface area contributed by atoms with Gasteiger partial charge < -0.3 is 14.4 Å². The molecule has 1 fully saturated rings. The standard InChI is InChI=1S/C13H23NO4/c1-5-17-12(16)14-8-6-10(7-9-14)11(15)18-13(2,3)4/h10H,5-9H2,1-4H3. The van der Waals surface area contributed by atoms with Gasteiger partial charge >= 0.3 is 12.1 Å². The van der Waals surface area contributed by atoms with E-state index in [1.165, 1.54) is 0 Å². The number of nitrogens with zero attached hydrogens (tertiary/aromatic N) is 1. The van der Waals surface area contributed by atoms with Gasteiger partial charge in [-0.2, -0.15) is 0 Å². The first-order chi connectivity index (χ1) is 8.33. The molecule has 18 heavy (non-hydrogen) atoms. The van der Waals surface area contributed by atoms with Crippen LogP contribution in [-0.2, 0) is 14.3 Å². The molecular formula is C13H23NO4. The van der Waals surface area contributed by atoms with E-state index in [1.54, 1.807) is 11.8 Å². The lowest BCUT2D eigenvalue weighted by molar-refractivity contribution is -0.161. The average Bonchev–Trinajstić information content (AvgIpc) is 2.27. The molecule has 1 heterocycles. The maximum Gasteiger partial charge on any atom is 0.409 e. The van der Waals surface area contributed by atoms with Crippen molar-refractivity contribution in [3.8, 4) is 0 Å². The summed E-state index contributed by atoms with van der Waals surface area (Å²) >= 11 is 0. The average molecular weight is 257 g/mol. The van der Waals surface area contributed by atoms with Gasteiger partial charge in [0.25, 0.3) is 0 Å². The van der Waals surface area contributed by atoms with Gasteiger partial charge in [0.15, 0.2) is 0 Å². The van der Waals surface area contributed by atoms with Crippen molar-refractivity contribution in [2.45, 2.75) is 46.1 Å². The van der Waals surface area contributed by atoms with Crippen molar-refractivity contribution >= 4 is 12.1 Å². The van der Waals surface area contributed by atoms with Crippen molar-refractivity contribution < 1.29 is 19.1 Å². The van der Waals surface area contributed by atoms with Gasteiger partial charge in [0, 0.05) is 13.1 Å². The maximum absolute atomic E-state index is 11.9. The third-order valence-electron chi connectivity index (χ3n) is 2.76. The van der Waals surface area contributed by atoms with Gasteiger partial charge in [0.2, 0.25) is 0 Å². The Hall–Kier alpha value is -1.26. The van der Waals surface area contributed by atoms with Gasteiger partial charge in [-0.3, -0.25) is 4.79 Å². The molecule has 1 rings (SSSR count). The molecule has 0 bridgehead atoms. The zero-order chi connectivity index (χ0) is 13.8. The van der Waals surface area contributed by atoms with Crippen LogP contribution in [0.5, 0.6) is 0 Å². The molecule has 0 unspecified atom stereocenters. The summed E-state index contributed by atoms with van der Waals surface area (Å²) in [4.78, 5) is 25.0. The molecule has 0 atom stereocenters. The van der Waals surface area contributed by atoms with Crippen LogP contribution in [0.3, 0.4) is 0 Å². The van der Waals surface area contributed by atoms with Gasteiger partial charge in [0.05, 0.1) is 12.5 Å². The second kappa shape index (κ2) is 6.07. The normalized spacial score (nSPS) is 17.4. The van der Waals surface area contributed by atoms with Crippen molar-refractivity contribution in [1.29, 1.82) is 0 Å². The highest BCUT2D eigenvalue weighted by Gasteiger charge is 2.30. The van der Waals surface area contributed by atoms with E-state index < -0.39 is 5.60 Å². The number of ether oxygens (including phenoxy) is 2. The largest absolute Gasteiger partial charge is 0.460 e. The molecule has 1 aliphatic heterocycles. The highest BCUT2D eigenvalue weighted by atomic mass is 16.6. The smallest absolute Gasteiger partial charge is 0.409 e. The highest BCUT2D eigenvalue weighted by molar-refractivity contribution is 5.74. The first-order valence-electron chi connectivity index (χ1n) is 6.48. The van der Waals surface area contributed by atoms with Crippen LogP contribution in [0.15, 0.2) is 0 Å². The summed E-state index contributed by atoms with van der Waals surface area (Å²) in [5.74, 6) is -0.263. The SMILES string of the molecule is CCOC(=O)N1CCC(C(=O)OC(C)(C)C)CC1. The Kier molecular flexibility index (Phi) is 4.99. The van der Waals surface area contributed by atoms with Crippen molar-refractivity contribution in [2.75, 3.05) is 19.7 Å². The van der Waals surface area contributed by atoms with Crippen LogP contribution in [0.4, 0.5) is 4.79 Å². The molecule has 0 N–H and O–H groups in total. The van der Waals surface area contributed by atoms with Crippen LogP contribution in [-0.4, -0.2) is 42.3 Å². The van der Waals surface area contributed by atoms with Crippen LogP contribution < -0.4 is 0 Å². The minimum absolute atomic E-state index is 0.102. The van der Waals surface area contributed by atoms with Crippen LogP contribution in [0.1, 0.15) is 40.5 Å². The molecule has 0 aromatic heterocycles. The Balaban J connectivity index is 2.39. The number of rotatable bonds is 2. The number of hydrogen-bond donors (Lipinski definition) is 0. The van der Waals surface area contributed by atoms with Gasteiger partial charge in [-0.25, -0.2) is 4.79 Å². The topological polar surface area (TPSA) is 55.8 Å². The van der Waals surface area contributed by atoms with Crippen molar-refractivity contribution in [2.24, 2.45) is 5.92 Å². The summed E-state index contributed by atoms with van der Waals surface area (Å²) < 4.78 is 10.3. The van der Waals surface area contributed by atoms with Crippen molar-refractivity contribution in [3.63, 3.8) is 0 Å². The maximum atomic E-state index is 11.9. The summed E-state index contributed by atoms with van der Waals surface area (Å²) in [7, 11) is 0. The van der Waals surface area contributed by atoms with E-state index in [0.29, 0.717) is 32.5 Å². The molecule has 0 spiro atoms. The number of likely N-dealkylation sites (tertiary alicyclic amines) is 1. The molecule has 1 saturated heterocycles. The van der Waals surface area contributed by atoms with Crippen LogP contribution in [0.25, 0.3) is 0 Å². The monoisotopic (exact) mass is 257 g/mol. The first-order valence-corrected chi connectivity index (χ1v) is 6.48. The van der Waals surface area contributed by atoms with E-state index in [2.05, 4.69) is 0 Å². The van der Waals surface area contributed by atoms with E-state index >= 15 is 0 Å². The number of carbonyl (C=O) groups is 2. The quantitative estimate of drug-likeness (QED) is 0.712. The Bertz CT molecular complexity index is 301. The lowest BCUT2D eigenvalue weighted by atomic mass is 9.97. The number of amides is 1.